The van der Waals surface area contributed by atoms with Gasteiger partial charge in [-0.3, -0.25) is 9.69 Å². The number of hydrogen-bond acceptors (Lipinski definition) is 5. The molecule has 1 aliphatic heterocycles. The van der Waals surface area contributed by atoms with Crippen molar-refractivity contribution in [2.24, 2.45) is 0 Å². The Balaban J connectivity index is 1.45. The topological polar surface area (TPSA) is 59.1 Å². The second-order valence-electron chi connectivity index (χ2n) is 7.41. The van der Waals surface area contributed by atoms with E-state index >= 15 is 0 Å². The van der Waals surface area contributed by atoms with Gasteiger partial charge in [-0.25, -0.2) is 4.79 Å². The minimum atomic E-state index is -0.519. The molecule has 0 bridgehead atoms. The van der Waals surface area contributed by atoms with Crippen molar-refractivity contribution in [1.29, 1.82) is 0 Å². The van der Waals surface area contributed by atoms with Crippen molar-refractivity contribution in [3.63, 3.8) is 0 Å². The molecule has 0 saturated carbocycles. The fourth-order valence-electron chi connectivity index (χ4n) is 3.47. The van der Waals surface area contributed by atoms with Gasteiger partial charge in [-0.1, -0.05) is 35.9 Å². The molecular weight excluding hydrogens is 368 g/mol. The number of hydrogen-bond donors (Lipinski definition) is 0. The number of benzene rings is 2. The van der Waals surface area contributed by atoms with E-state index in [4.69, 9.17) is 9.47 Å². The van der Waals surface area contributed by atoms with Crippen LogP contribution in [0.25, 0.3) is 0 Å². The monoisotopic (exact) mass is 396 g/mol. The minimum Gasteiger partial charge on any atom is -0.496 e. The smallest absolute Gasteiger partial charge is 0.338 e. The third-order valence-electron chi connectivity index (χ3n) is 5.18. The van der Waals surface area contributed by atoms with E-state index in [1.807, 2.05) is 6.92 Å². The fraction of sp³-hybridized carbons (Fsp3) is 0.391. The van der Waals surface area contributed by atoms with Crippen molar-refractivity contribution in [2.45, 2.75) is 20.4 Å². The minimum absolute atomic E-state index is 0.160. The number of carbonyl (C=O) groups excluding carboxylic acids is 2. The van der Waals surface area contributed by atoms with Crippen molar-refractivity contribution in [3.05, 3.63) is 64.7 Å². The Hall–Kier alpha value is -2.86. The molecule has 6 heteroatoms. The average molecular weight is 396 g/mol. The van der Waals surface area contributed by atoms with Crippen LogP contribution in [0.1, 0.15) is 27.0 Å². The first-order valence-electron chi connectivity index (χ1n) is 9.83. The summed E-state index contributed by atoms with van der Waals surface area (Å²) in [5.74, 6) is -0.0575. The lowest BCUT2D eigenvalue weighted by molar-refractivity contribution is -0.136. The molecule has 2 aromatic rings. The molecular formula is C23H28N2O4. The van der Waals surface area contributed by atoms with Gasteiger partial charge < -0.3 is 14.4 Å². The highest BCUT2D eigenvalue weighted by atomic mass is 16.5. The van der Waals surface area contributed by atoms with Crippen LogP contribution in [0.3, 0.4) is 0 Å². The van der Waals surface area contributed by atoms with Gasteiger partial charge in [0.05, 0.1) is 12.7 Å². The zero-order valence-electron chi connectivity index (χ0n) is 17.3. The molecule has 1 fully saturated rings. The zero-order valence-corrected chi connectivity index (χ0v) is 17.3. The van der Waals surface area contributed by atoms with E-state index in [1.165, 1.54) is 11.1 Å². The Morgan fingerprint density at radius 2 is 1.76 bits per heavy atom. The van der Waals surface area contributed by atoms with Crippen LogP contribution in [0.2, 0.25) is 0 Å². The summed E-state index contributed by atoms with van der Waals surface area (Å²) in [5, 5.41) is 0. The molecule has 0 aromatic heterocycles. The maximum Gasteiger partial charge on any atom is 0.338 e. The fourth-order valence-corrected chi connectivity index (χ4v) is 3.47. The first-order chi connectivity index (χ1) is 14.0. The highest BCUT2D eigenvalue weighted by molar-refractivity contribution is 5.91. The number of carbonyl (C=O) groups is 2. The molecule has 0 unspecified atom stereocenters. The predicted octanol–water partition coefficient (Wildman–Crippen LogP) is 2.81. The molecule has 1 aliphatic rings. The van der Waals surface area contributed by atoms with Crippen LogP contribution < -0.4 is 4.74 Å². The number of amides is 1. The maximum absolute atomic E-state index is 12.4. The van der Waals surface area contributed by atoms with Crippen molar-refractivity contribution in [1.82, 2.24) is 9.80 Å². The second-order valence-corrected chi connectivity index (χ2v) is 7.41. The average Bonchev–Trinajstić information content (AvgIpc) is 2.72. The molecule has 0 radical (unpaired) electrons. The van der Waals surface area contributed by atoms with Crippen molar-refractivity contribution in [3.8, 4) is 5.75 Å². The highest BCUT2D eigenvalue weighted by Gasteiger charge is 2.22. The molecule has 3 rings (SSSR count). The predicted molar refractivity (Wildman–Crippen MR) is 111 cm³/mol. The van der Waals surface area contributed by atoms with Crippen molar-refractivity contribution < 1.29 is 19.1 Å². The molecule has 1 amide bonds. The van der Waals surface area contributed by atoms with Crippen molar-refractivity contribution in [2.75, 3.05) is 39.9 Å². The summed E-state index contributed by atoms with van der Waals surface area (Å²) in [6.07, 6.45) is 0. The lowest BCUT2D eigenvalue weighted by Crippen LogP contribution is -2.49. The van der Waals surface area contributed by atoms with E-state index in [2.05, 4.69) is 36.1 Å². The molecule has 154 valence electrons. The van der Waals surface area contributed by atoms with Crippen LogP contribution >= 0.6 is 0 Å². The van der Waals surface area contributed by atoms with E-state index in [1.54, 1.807) is 30.2 Å². The van der Waals surface area contributed by atoms with Crippen LogP contribution in [0, 0.1) is 13.8 Å². The second kappa shape index (κ2) is 9.56. The Kier molecular flexibility index (Phi) is 6.88. The van der Waals surface area contributed by atoms with Gasteiger partial charge in [0, 0.05) is 32.7 Å². The first kappa shape index (κ1) is 20.9. The lowest BCUT2D eigenvalue weighted by Gasteiger charge is -2.34. The molecule has 29 heavy (non-hydrogen) atoms. The van der Waals surface area contributed by atoms with E-state index in [-0.39, 0.29) is 12.5 Å². The number of rotatable bonds is 6. The molecule has 0 atom stereocenters. The normalized spacial score (nSPS) is 14.5. The van der Waals surface area contributed by atoms with Gasteiger partial charge in [0.2, 0.25) is 0 Å². The van der Waals surface area contributed by atoms with E-state index in [0.717, 1.165) is 25.2 Å². The van der Waals surface area contributed by atoms with Crippen LogP contribution in [0.4, 0.5) is 0 Å². The molecule has 2 aromatic carbocycles. The lowest BCUT2D eigenvalue weighted by atomic mass is 10.1. The molecule has 6 nitrogen and oxygen atoms in total. The van der Waals surface area contributed by atoms with Crippen LogP contribution in [0.15, 0.2) is 42.5 Å². The number of esters is 1. The Labute approximate surface area is 172 Å². The van der Waals surface area contributed by atoms with Crippen molar-refractivity contribution >= 4 is 11.9 Å². The van der Waals surface area contributed by atoms with Crippen LogP contribution in [0.5, 0.6) is 5.75 Å². The summed E-state index contributed by atoms with van der Waals surface area (Å²) in [7, 11) is 1.56. The summed E-state index contributed by atoms with van der Waals surface area (Å²) < 4.78 is 10.4. The molecule has 0 spiro atoms. The van der Waals surface area contributed by atoms with Gasteiger partial charge in [-0.15, -0.1) is 0 Å². The number of ether oxygens (including phenoxy) is 2. The van der Waals surface area contributed by atoms with E-state index in [0.29, 0.717) is 24.4 Å². The molecule has 0 N–H and O–H groups in total. The quantitative estimate of drug-likeness (QED) is 0.703. The summed E-state index contributed by atoms with van der Waals surface area (Å²) in [4.78, 5) is 28.8. The van der Waals surface area contributed by atoms with Gasteiger partial charge >= 0.3 is 5.97 Å². The highest BCUT2D eigenvalue weighted by Crippen LogP contribution is 2.19. The summed E-state index contributed by atoms with van der Waals surface area (Å²) in [5.41, 5.74) is 3.85. The number of nitrogens with zero attached hydrogens (tertiary/aromatic N) is 2. The van der Waals surface area contributed by atoms with E-state index in [9.17, 15) is 9.59 Å². The molecule has 1 heterocycles. The number of aryl methyl sites for hydroxylation is 2. The number of methoxy groups -OCH3 is 1. The third-order valence-corrected chi connectivity index (χ3v) is 5.18. The van der Waals surface area contributed by atoms with Gasteiger partial charge in [0.1, 0.15) is 5.75 Å². The van der Waals surface area contributed by atoms with E-state index < -0.39 is 5.97 Å². The van der Waals surface area contributed by atoms with Gasteiger partial charge in [0.15, 0.2) is 6.61 Å². The summed E-state index contributed by atoms with van der Waals surface area (Å²) in [6.45, 7) is 7.53. The SMILES string of the molecule is COc1cc(C(=O)OCC(=O)N2CCN(Cc3cccc(C)c3)CC2)ccc1C. The largest absolute Gasteiger partial charge is 0.496 e. The van der Waals surface area contributed by atoms with Gasteiger partial charge in [-0.05, 0) is 37.1 Å². The van der Waals surface area contributed by atoms with Gasteiger partial charge in [-0.2, -0.15) is 0 Å². The summed E-state index contributed by atoms with van der Waals surface area (Å²) in [6, 6.07) is 13.6. The molecule has 1 saturated heterocycles. The zero-order chi connectivity index (χ0) is 20.8. The standard InChI is InChI=1S/C23H28N2O4/c1-17-5-4-6-19(13-17)15-24-9-11-25(12-10-24)22(26)16-29-23(27)20-8-7-18(2)21(14-20)28-3/h4-8,13-14H,9-12,15-16H2,1-3H3. The Morgan fingerprint density at radius 3 is 2.45 bits per heavy atom. The number of piperazine rings is 1. The van der Waals surface area contributed by atoms with Crippen LogP contribution in [-0.2, 0) is 16.1 Å². The van der Waals surface area contributed by atoms with Crippen LogP contribution in [-0.4, -0.2) is 61.6 Å². The summed E-state index contributed by atoms with van der Waals surface area (Å²) >= 11 is 0. The Morgan fingerprint density at radius 1 is 1.00 bits per heavy atom. The maximum atomic E-state index is 12.4. The Bertz CT molecular complexity index is 873. The first-order valence-corrected chi connectivity index (χ1v) is 9.83. The van der Waals surface area contributed by atoms with Gasteiger partial charge in [0.25, 0.3) is 5.91 Å². The third kappa shape index (κ3) is 5.57. The molecule has 0 aliphatic carbocycles.